The van der Waals surface area contributed by atoms with E-state index in [1.54, 1.807) is 0 Å². The van der Waals surface area contributed by atoms with Crippen LogP contribution >= 0.6 is 11.8 Å². The average molecular weight is 475 g/mol. The lowest BCUT2D eigenvalue weighted by Gasteiger charge is -2.45. The monoisotopic (exact) mass is 474 g/mol. The molecule has 3 fully saturated rings. The number of hydrogen-bond donors (Lipinski definition) is 5. The van der Waals surface area contributed by atoms with Crippen molar-refractivity contribution in [2.45, 2.75) is 85.9 Å². The lowest BCUT2D eigenvalue weighted by atomic mass is 9.87. The Balaban J connectivity index is 1.55. The third-order valence-corrected chi connectivity index (χ3v) is 8.49. The second-order valence-corrected chi connectivity index (χ2v) is 10.8. The number of aliphatic hydroxyl groups excluding tert-OH is 3. The molecule has 0 saturated carbocycles. The molecule has 3 saturated heterocycles. The summed E-state index contributed by atoms with van der Waals surface area (Å²) in [5.41, 5.74) is -0.906. The van der Waals surface area contributed by atoms with Crippen LogP contribution < -0.4 is 10.6 Å². The molecule has 5 N–H and O–H groups in total. The van der Waals surface area contributed by atoms with Crippen LogP contribution in [0.4, 0.5) is 4.39 Å². The summed E-state index contributed by atoms with van der Waals surface area (Å²) >= 11 is 1.11. The van der Waals surface area contributed by atoms with Gasteiger partial charge in [-0.1, -0.05) is 25.5 Å². The van der Waals surface area contributed by atoms with E-state index in [1.165, 1.54) is 0 Å². The predicted octanol–water partition coefficient (Wildman–Crippen LogP) is 0.103. The van der Waals surface area contributed by atoms with Crippen LogP contribution in [-0.2, 0) is 14.3 Å². The topological polar surface area (TPSA) is 120 Å². The molecular formula is C22H35FN2O6S. The molecule has 32 heavy (non-hydrogen) atoms. The molecule has 0 spiro atoms. The van der Waals surface area contributed by atoms with Gasteiger partial charge in [-0.05, 0) is 31.1 Å². The van der Waals surface area contributed by atoms with Gasteiger partial charge >= 0.3 is 0 Å². The highest BCUT2D eigenvalue weighted by atomic mass is 32.2. The quantitative estimate of drug-likeness (QED) is 0.366. The Morgan fingerprint density at radius 3 is 2.81 bits per heavy atom. The minimum Gasteiger partial charge on any atom is -0.388 e. The Morgan fingerprint density at radius 1 is 1.22 bits per heavy atom. The molecule has 1 amide bonds. The number of rotatable bonds is 3. The summed E-state index contributed by atoms with van der Waals surface area (Å²) in [4.78, 5) is 13.3. The van der Waals surface area contributed by atoms with E-state index in [0.29, 0.717) is 18.9 Å². The molecule has 0 aromatic rings. The molecule has 10 unspecified atom stereocenters. The van der Waals surface area contributed by atoms with Gasteiger partial charge < -0.3 is 35.4 Å². The molecule has 4 heterocycles. The van der Waals surface area contributed by atoms with Crippen molar-refractivity contribution in [3.8, 4) is 0 Å². The number of fused-ring (bicyclic) bond motifs is 3. The number of amides is 1. The fourth-order valence-electron chi connectivity index (χ4n) is 5.21. The fourth-order valence-corrected chi connectivity index (χ4v) is 6.40. The maximum atomic E-state index is 13.5. The van der Waals surface area contributed by atoms with Crippen molar-refractivity contribution in [3.63, 3.8) is 0 Å². The summed E-state index contributed by atoms with van der Waals surface area (Å²) < 4.78 is 25.4. The second-order valence-electron chi connectivity index (χ2n) is 9.39. The maximum Gasteiger partial charge on any atom is 0.240 e. The smallest absolute Gasteiger partial charge is 0.240 e. The van der Waals surface area contributed by atoms with Crippen LogP contribution in [0.15, 0.2) is 12.2 Å². The van der Waals surface area contributed by atoms with Gasteiger partial charge in [-0.3, -0.25) is 4.79 Å². The van der Waals surface area contributed by atoms with Gasteiger partial charge in [0.25, 0.3) is 0 Å². The molecule has 182 valence electrons. The van der Waals surface area contributed by atoms with Crippen LogP contribution in [0, 0.1) is 11.8 Å². The van der Waals surface area contributed by atoms with Crippen molar-refractivity contribution in [2.24, 2.45) is 11.8 Å². The van der Waals surface area contributed by atoms with Crippen molar-refractivity contribution < 1.29 is 34.0 Å². The van der Waals surface area contributed by atoms with Crippen molar-refractivity contribution in [1.29, 1.82) is 0 Å². The highest BCUT2D eigenvalue weighted by Gasteiger charge is 2.50. The van der Waals surface area contributed by atoms with Gasteiger partial charge in [0.05, 0.1) is 12.1 Å². The van der Waals surface area contributed by atoms with E-state index in [0.717, 1.165) is 37.6 Å². The first-order chi connectivity index (χ1) is 15.4. The third-order valence-electron chi connectivity index (χ3n) is 7.13. The summed E-state index contributed by atoms with van der Waals surface area (Å²) in [7, 11) is 0. The van der Waals surface area contributed by atoms with Crippen molar-refractivity contribution in [1.82, 2.24) is 10.6 Å². The predicted molar refractivity (Wildman–Crippen MR) is 118 cm³/mol. The molecule has 4 aliphatic rings. The molecule has 0 aromatic heterocycles. The summed E-state index contributed by atoms with van der Waals surface area (Å²) in [5, 5.41) is 37.5. The number of carbonyl (C=O) groups is 1. The van der Waals surface area contributed by atoms with E-state index in [2.05, 4.69) is 10.6 Å². The van der Waals surface area contributed by atoms with Crippen LogP contribution in [0.1, 0.15) is 32.6 Å². The normalized spacial score (nSPS) is 48.3. The number of ether oxygens (including phenoxy) is 2. The van der Waals surface area contributed by atoms with Crippen LogP contribution in [0.5, 0.6) is 0 Å². The van der Waals surface area contributed by atoms with E-state index >= 15 is 0 Å². The molecule has 8 nitrogen and oxygen atoms in total. The van der Waals surface area contributed by atoms with Gasteiger partial charge in [0, 0.05) is 18.4 Å². The van der Waals surface area contributed by atoms with E-state index in [1.807, 2.05) is 19.1 Å². The molecule has 11 atom stereocenters. The minimum absolute atomic E-state index is 0.193. The van der Waals surface area contributed by atoms with Gasteiger partial charge in [-0.25, -0.2) is 4.39 Å². The highest BCUT2D eigenvalue weighted by Crippen LogP contribution is 2.36. The molecule has 4 aliphatic heterocycles. The molecule has 0 aromatic carbocycles. The van der Waals surface area contributed by atoms with Crippen molar-refractivity contribution in [2.75, 3.05) is 19.8 Å². The van der Waals surface area contributed by atoms with Gasteiger partial charge in [-0.2, -0.15) is 0 Å². The van der Waals surface area contributed by atoms with E-state index in [-0.39, 0.29) is 17.9 Å². The zero-order valence-electron chi connectivity index (χ0n) is 18.3. The third kappa shape index (κ3) is 5.01. The first-order valence-electron chi connectivity index (χ1n) is 11.6. The summed E-state index contributed by atoms with van der Waals surface area (Å²) in [5.74, 6) is -0.192. The van der Waals surface area contributed by atoms with Crippen molar-refractivity contribution in [3.05, 3.63) is 12.2 Å². The van der Waals surface area contributed by atoms with Crippen LogP contribution in [0.25, 0.3) is 0 Å². The SMILES string of the molecule is CC1/C=C\C[C@@H](CF)SC2OC(C(O)C(O)C2O)C1NC(=O)C1NCC2CCCCOC21. The maximum absolute atomic E-state index is 13.5. The number of hydrogen-bond acceptors (Lipinski definition) is 8. The lowest BCUT2D eigenvalue weighted by Crippen LogP contribution is -2.65. The Morgan fingerprint density at radius 2 is 2.03 bits per heavy atom. The lowest BCUT2D eigenvalue weighted by molar-refractivity contribution is -0.207. The first-order valence-corrected chi connectivity index (χ1v) is 12.6. The summed E-state index contributed by atoms with van der Waals surface area (Å²) in [6, 6.07) is -1.14. The van der Waals surface area contributed by atoms with Crippen molar-refractivity contribution >= 4 is 17.7 Å². The Labute approximate surface area is 192 Å². The van der Waals surface area contributed by atoms with Crippen LogP contribution in [-0.4, -0.2) is 94.3 Å². The fraction of sp³-hybridized carbons (Fsp3) is 0.864. The Hall–Kier alpha value is -0.750. The number of nitrogens with one attached hydrogen (secondary N) is 2. The van der Waals surface area contributed by atoms with E-state index < -0.39 is 53.9 Å². The first kappa shape index (κ1) is 24.4. The van der Waals surface area contributed by atoms with E-state index in [4.69, 9.17) is 9.47 Å². The van der Waals surface area contributed by atoms with Gasteiger partial charge in [-0.15, -0.1) is 11.8 Å². The molecule has 4 rings (SSSR count). The zero-order chi connectivity index (χ0) is 22.8. The average Bonchev–Trinajstić information content (AvgIpc) is 3.05. The van der Waals surface area contributed by atoms with Gasteiger partial charge in [0.2, 0.25) is 5.91 Å². The van der Waals surface area contributed by atoms with Gasteiger partial charge in [0.15, 0.2) is 0 Å². The van der Waals surface area contributed by atoms with Gasteiger partial charge in [0.1, 0.15) is 42.6 Å². The minimum atomic E-state index is -1.46. The second kappa shape index (κ2) is 10.7. The molecule has 0 aliphatic carbocycles. The standard InChI is InChI=1S/C22H35FN2O6S/c1-11-5-4-7-13(9-23)32-22-18(28)16(26)17(27)20(31-22)14(11)25-21(29)15-19-12(10-24-15)6-2-3-8-30-19/h4-5,11-20,22,24,26-28H,2-3,6-10H2,1H3,(H,25,29)/b5-4-/t11?,12?,13-,14?,15?,16?,17?,18?,19?,20?,22?/m0/s1. The Bertz CT molecular complexity index is 687. The molecule has 2 bridgehead atoms. The van der Waals surface area contributed by atoms with Crippen LogP contribution in [0.2, 0.25) is 0 Å². The number of allylic oxidation sites excluding steroid dienone is 1. The van der Waals surface area contributed by atoms with Crippen LogP contribution in [0.3, 0.4) is 0 Å². The molecular weight excluding hydrogens is 439 g/mol. The van der Waals surface area contributed by atoms with E-state index in [9.17, 15) is 24.5 Å². The highest BCUT2D eigenvalue weighted by molar-refractivity contribution is 8.00. The number of aliphatic hydroxyl groups is 3. The zero-order valence-corrected chi connectivity index (χ0v) is 19.1. The number of thioether (sulfide) groups is 1. The molecule has 10 heteroatoms. The largest absolute Gasteiger partial charge is 0.388 e. The number of alkyl halides is 1. The molecule has 0 radical (unpaired) electrons. The number of carbonyl (C=O) groups excluding carboxylic acids is 1. The number of halogens is 1. The Kier molecular flexibility index (Phi) is 8.13. The summed E-state index contributed by atoms with van der Waals surface area (Å²) in [6.45, 7) is 2.64. The summed E-state index contributed by atoms with van der Waals surface area (Å²) in [6.07, 6.45) is 1.93.